The predicted octanol–water partition coefficient (Wildman–Crippen LogP) is 3.30. The number of aromatic nitrogens is 1. The SMILES string of the molecule is Cc1nc(C)c(S(=O)(=O)N2CC3(CCOCC3)[C@@H]2c2ccccc2)s1. The number of thiazole rings is 1. The zero-order chi connectivity index (χ0) is 17.7. The van der Waals surface area contributed by atoms with Crippen LogP contribution in [-0.2, 0) is 14.8 Å². The topological polar surface area (TPSA) is 59.5 Å². The van der Waals surface area contributed by atoms with Crippen LogP contribution in [0, 0.1) is 19.3 Å². The summed E-state index contributed by atoms with van der Waals surface area (Å²) in [5.41, 5.74) is 1.65. The normalized spacial score (nSPS) is 23.5. The van der Waals surface area contributed by atoms with Gasteiger partial charge in [-0.25, -0.2) is 13.4 Å². The van der Waals surface area contributed by atoms with Crippen molar-refractivity contribution in [3.8, 4) is 0 Å². The first-order valence-corrected chi connectivity index (χ1v) is 10.8. The van der Waals surface area contributed by atoms with Crippen molar-refractivity contribution >= 4 is 21.4 Å². The van der Waals surface area contributed by atoms with Gasteiger partial charge in [-0.2, -0.15) is 4.31 Å². The van der Waals surface area contributed by atoms with Gasteiger partial charge in [0.1, 0.15) is 0 Å². The van der Waals surface area contributed by atoms with Crippen LogP contribution in [0.25, 0.3) is 0 Å². The van der Waals surface area contributed by atoms with E-state index in [0.29, 0.717) is 29.7 Å². The fourth-order valence-corrected chi connectivity index (χ4v) is 7.52. The lowest BCUT2D eigenvalue weighted by Crippen LogP contribution is -2.62. The highest BCUT2D eigenvalue weighted by Crippen LogP contribution is 2.56. The van der Waals surface area contributed by atoms with Gasteiger partial charge in [0.25, 0.3) is 10.0 Å². The third-order valence-corrected chi connectivity index (χ3v) is 8.82. The molecule has 4 rings (SSSR count). The van der Waals surface area contributed by atoms with Crippen molar-refractivity contribution < 1.29 is 13.2 Å². The van der Waals surface area contributed by atoms with Crippen molar-refractivity contribution in [1.29, 1.82) is 0 Å². The van der Waals surface area contributed by atoms with Gasteiger partial charge in [0, 0.05) is 25.2 Å². The maximum Gasteiger partial charge on any atom is 0.255 e. The van der Waals surface area contributed by atoms with E-state index in [2.05, 4.69) is 4.98 Å². The molecule has 1 aromatic carbocycles. The standard InChI is InChI=1S/C18H22N2O3S2/c1-13-17(24-14(2)19-13)25(21,22)20-12-18(8-10-23-11-9-18)16(20)15-6-4-3-5-7-15/h3-7,16H,8-12H2,1-2H3/t16-/m0/s1. The number of hydrogen-bond donors (Lipinski definition) is 0. The Hall–Kier alpha value is -1.28. The fraction of sp³-hybridized carbons (Fsp3) is 0.500. The molecule has 0 unspecified atom stereocenters. The zero-order valence-electron chi connectivity index (χ0n) is 14.4. The van der Waals surface area contributed by atoms with Crippen LogP contribution in [0.4, 0.5) is 0 Å². The molecule has 2 saturated heterocycles. The molecule has 0 saturated carbocycles. The smallest absolute Gasteiger partial charge is 0.255 e. The van der Waals surface area contributed by atoms with E-state index < -0.39 is 10.0 Å². The van der Waals surface area contributed by atoms with Crippen molar-refractivity contribution in [1.82, 2.24) is 9.29 Å². The summed E-state index contributed by atoms with van der Waals surface area (Å²) in [7, 11) is -3.54. The Morgan fingerprint density at radius 3 is 2.48 bits per heavy atom. The molecule has 2 aliphatic heterocycles. The summed E-state index contributed by atoms with van der Waals surface area (Å²) in [6.45, 7) is 5.60. The van der Waals surface area contributed by atoms with E-state index in [9.17, 15) is 8.42 Å². The van der Waals surface area contributed by atoms with Crippen molar-refractivity contribution in [2.24, 2.45) is 5.41 Å². The van der Waals surface area contributed by atoms with Gasteiger partial charge in [0.05, 0.1) is 16.7 Å². The van der Waals surface area contributed by atoms with Crippen LogP contribution in [0.5, 0.6) is 0 Å². The van der Waals surface area contributed by atoms with E-state index in [4.69, 9.17) is 4.74 Å². The molecule has 2 aromatic rings. The Kier molecular flexibility index (Phi) is 4.22. The molecule has 2 fully saturated rings. The monoisotopic (exact) mass is 378 g/mol. The molecule has 1 spiro atoms. The van der Waals surface area contributed by atoms with Crippen molar-refractivity contribution in [2.75, 3.05) is 19.8 Å². The maximum atomic E-state index is 13.3. The number of ether oxygens (including phenoxy) is 1. The van der Waals surface area contributed by atoms with E-state index in [1.54, 1.807) is 11.2 Å². The number of rotatable bonds is 3. The molecule has 0 N–H and O–H groups in total. The molecule has 0 aliphatic carbocycles. The molecule has 1 atom stereocenters. The van der Waals surface area contributed by atoms with Gasteiger partial charge in [-0.3, -0.25) is 0 Å². The summed E-state index contributed by atoms with van der Waals surface area (Å²) in [6, 6.07) is 9.88. The molecular weight excluding hydrogens is 356 g/mol. The Morgan fingerprint density at radius 2 is 1.88 bits per heavy atom. The first-order valence-electron chi connectivity index (χ1n) is 8.53. The third-order valence-electron chi connectivity index (χ3n) is 5.35. The summed E-state index contributed by atoms with van der Waals surface area (Å²) < 4.78 is 34.2. The van der Waals surface area contributed by atoms with E-state index in [-0.39, 0.29) is 11.5 Å². The number of hydrogen-bond acceptors (Lipinski definition) is 5. The molecule has 1 aromatic heterocycles. The molecule has 25 heavy (non-hydrogen) atoms. The van der Waals surface area contributed by atoms with Gasteiger partial charge in [0.2, 0.25) is 0 Å². The van der Waals surface area contributed by atoms with Crippen molar-refractivity contribution in [3.05, 3.63) is 46.6 Å². The van der Waals surface area contributed by atoms with Crippen molar-refractivity contribution in [2.45, 2.75) is 36.9 Å². The van der Waals surface area contributed by atoms with Crippen LogP contribution in [-0.4, -0.2) is 37.5 Å². The molecule has 0 bridgehead atoms. The number of sulfonamides is 1. The Morgan fingerprint density at radius 1 is 1.20 bits per heavy atom. The minimum absolute atomic E-state index is 0.0136. The van der Waals surface area contributed by atoms with E-state index in [1.165, 1.54) is 11.3 Å². The predicted molar refractivity (Wildman–Crippen MR) is 97.1 cm³/mol. The van der Waals surface area contributed by atoms with Gasteiger partial charge in [-0.1, -0.05) is 30.3 Å². The summed E-state index contributed by atoms with van der Waals surface area (Å²) in [5, 5.41) is 0.786. The van der Waals surface area contributed by atoms with Crippen LogP contribution in [0.2, 0.25) is 0 Å². The highest BCUT2D eigenvalue weighted by molar-refractivity contribution is 7.91. The first kappa shape index (κ1) is 17.1. The summed E-state index contributed by atoms with van der Waals surface area (Å²) in [4.78, 5) is 4.31. The van der Waals surface area contributed by atoms with Gasteiger partial charge in [0.15, 0.2) is 4.21 Å². The zero-order valence-corrected chi connectivity index (χ0v) is 16.1. The minimum Gasteiger partial charge on any atom is -0.381 e. The highest BCUT2D eigenvalue weighted by atomic mass is 32.2. The fourth-order valence-electron chi connectivity index (χ4n) is 4.13. The minimum atomic E-state index is -3.54. The first-order chi connectivity index (χ1) is 11.9. The Labute approximate surface area is 152 Å². The van der Waals surface area contributed by atoms with Crippen LogP contribution in [0.3, 0.4) is 0 Å². The Balaban J connectivity index is 1.75. The second-order valence-electron chi connectivity index (χ2n) is 6.94. The molecule has 2 aliphatic rings. The maximum absolute atomic E-state index is 13.3. The molecule has 134 valence electrons. The lowest BCUT2D eigenvalue weighted by atomic mass is 9.65. The lowest BCUT2D eigenvalue weighted by molar-refractivity contribution is -0.0951. The average Bonchev–Trinajstić information content (AvgIpc) is 2.94. The summed E-state index contributed by atoms with van der Waals surface area (Å²) in [5.74, 6) is 0. The average molecular weight is 379 g/mol. The number of nitrogens with zero attached hydrogens (tertiary/aromatic N) is 2. The van der Waals surface area contributed by atoms with E-state index in [1.807, 2.05) is 37.3 Å². The second kappa shape index (κ2) is 6.16. The Bertz CT molecular complexity index is 871. The lowest BCUT2D eigenvalue weighted by Gasteiger charge is -2.58. The van der Waals surface area contributed by atoms with Gasteiger partial charge < -0.3 is 4.74 Å². The van der Waals surface area contributed by atoms with Gasteiger partial charge in [-0.05, 0) is 32.3 Å². The molecule has 0 amide bonds. The highest BCUT2D eigenvalue weighted by Gasteiger charge is 2.58. The van der Waals surface area contributed by atoms with Crippen molar-refractivity contribution in [3.63, 3.8) is 0 Å². The second-order valence-corrected chi connectivity index (χ2v) is 10.2. The van der Waals surface area contributed by atoms with Gasteiger partial charge >= 0.3 is 0 Å². The van der Waals surface area contributed by atoms with Crippen LogP contribution >= 0.6 is 11.3 Å². The van der Waals surface area contributed by atoms with Gasteiger partial charge in [-0.15, -0.1) is 11.3 Å². The molecule has 0 radical (unpaired) electrons. The van der Waals surface area contributed by atoms with Crippen LogP contribution < -0.4 is 0 Å². The summed E-state index contributed by atoms with van der Waals surface area (Å²) >= 11 is 1.27. The number of benzene rings is 1. The summed E-state index contributed by atoms with van der Waals surface area (Å²) in [6.07, 6.45) is 1.80. The molecular formula is C18H22N2O3S2. The van der Waals surface area contributed by atoms with E-state index >= 15 is 0 Å². The largest absolute Gasteiger partial charge is 0.381 e. The number of aryl methyl sites for hydroxylation is 2. The van der Waals surface area contributed by atoms with Crippen LogP contribution in [0.1, 0.15) is 35.1 Å². The van der Waals surface area contributed by atoms with Crippen LogP contribution in [0.15, 0.2) is 34.5 Å². The molecule has 3 heterocycles. The van der Waals surface area contributed by atoms with E-state index in [0.717, 1.165) is 23.4 Å². The third kappa shape index (κ3) is 2.73. The molecule has 5 nitrogen and oxygen atoms in total. The molecule has 7 heteroatoms. The quantitative estimate of drug-likeness (QED) is 0.822.